The highest BCUT2D eigenvalue weighted by molar-refractivity contribution is 6.32. The lowest BCUT2D eigenvalue weighted by atomic mass is 10.1. The molecule has 2 N–H and O–H groups in total. The lowest BCUT2D eigenvalue weighted by molar-refractivity contribution is 0.488. The summed E-state index contributed by atoms with van der Waals surface area (Å²) in [6, 6.07) is 12.9. The van der Waals surface area contributed by atoms with E-state index in [9.17, 15) is 0 Å². The average Bonchev–Trinajstić information content (AvgIpc) is 2.44. The van der Waals surface area contributed by atoms with Gasteiger partial charge in [0.2, 0.25) is 0 Å². The molecule has 1 heterocycles. The zero-order valence-electron chi connectivity index (χ0n) is 10.0. The maximum absolute atomic E-state index is 6.09. The van der Waals surface area contributed by atoms with Crippen LogP contribution in [0.5, 0.6) is 11.5 Å². The summed E-state index contributed by atoms with van der Waals surface area (Å²) in [5.74, 6) is 1.33. The van der Waals surface area contributed by atoms with E-state index < -0.39 is 0 Å². The van der Waals surface area contributed by atoms with E-state index in [0.29, 0.717) is 22.2 Å². The molecule has 3 nitrogen and oxygen atoms in total. The van der Waals surface area contributed by atoms with Gasteiger partial charge in [0.05, 0.1) is 5.02 Å². The SMILES string of the molecule is Nc1ccc(Oc2ccccc2Cl)c2ccncc12. The summed E-state index contributed by atoms with van der Waals surface area (Å²) >= 11 is 6.09. The molecule has 0 fully saturated rings. The average molecular weight is 271 g/mol. The Morgan fingerprint density at radius 1 is 0.947 bits per heavy atom. The van der Waals surface area contributed by atoms with Crippen LogP contribution < -0.4 is 10.5 Å². The molecule has 19 heavy (non-hydrogen) atoms. The molecule has 0 unspecified atom stereocenters. The molecule has 94 valence electrons. The zero-order chi connectivity index (χ0) is 13.2. The lowest BCUT2D eigenvalue weighted by Gasteiger charge is -2.11. The van der Waals surface area contributed by atoms with E-state index in [1.807, 2.05) is 30.3 Å². The van der Waals surface area contributed by atoms with Crippen LogP contribution in [0.2, 0.25) is 5.02 Å². The minimum absolute atomic E-state index is 0.571. The number of nitrogen functional groups attached to an aromatic ring is 1. The number of halogens is 1. The molecule has 0 saturated heterocycles. The Kier molecular flexibility index (Phi) is 2.97. The van der Waals surface area contributed by atoms with Crippen molar-refractivity contribution >= 4 is 28.1 Å². The Morgan fingerprint density at radius 3 is 2.63 bits per heavy atom. The van der Waals surface area contributed by atoms with Crippen LogP contribution in [0.25, 0.3) is 10.8 Å². The van der Waals surface area contributed by atoms with Crippen molar-refractivity contribution in [3.05, 3.63) is 59.9 Å². The Bertz CT molecular complexity index is 743. The van der Waals surface area contributed by atoms with Gasteiger partial charge in [0.15, 0.2) is 0 Å². The van der Waals surface area contributed by atoms with E-state index in [0.717, 1.165) is 10.8 Å². The van der Waals surface area contributed by atoms with E-state index >= 15 is 0 Å². The first-order chi connectivity index (χ1) is 9.25. The normalized spacial score (nSPS) is 10.6. The van der Waals surface area contributed by atoms with Gasteiger partial charge in [-0.25, -0.2) is 0 Å². The number of aromatic nitrogens is 1. The maximum atomic E-state index is 6.09. The van der Waals surface area contributed by atoms with Crippen molar-refractivity contribution in [3.63, 3.8) is 0 Å². The third-order valence-corrected chi connectivity index (χ3v) is 3.18. The van der Waals surface area contributed by atoms with Gasteiger partial charge in [-0.1, -0.05) is 23.7 Å². The highest BCUT2D eigenvalue weighted by Gasteiger charge is 2.07. The van der Waals surface area contributed by atoms with Crippen molar-refractivity contribution < 1.29 is 4.74 Å². The topological polar surface area (TPSA) is 48.1 Å². The maximum Gasteiger partial charge on any atom is 0.146 e. The largest absolute Gasteiger partial charge is 0.455 e. The number of nitrogens with two attached hydrogens (primary N) is 1. The molecule has 2 aromatic carbocycles. The van der Waals surface area contributed by atoms with Gasteiger partial charge in [0.25, 0.3) is 0 Å². The number of rotatable bonds is 2. The number of fused-ring (bicyclic) bond motifs is 1. The number of nitrogens with zero attached hydrogens (tertiary/aromatic N) is 1. The predicted octanol–water partition coefficient (Wildman–Crippen LogP) is 4.26. The number of pyridine rings is 1. The highest BCUT2D eigenvalue weighted by atomic mass is 35.5. The summed E-state index contributed by atoms with van der Waals surface area (Å²) in [5.41, 5.74) is 6.60. The number of para-hydroxylation sites is 1. The number of anilines is 1. The summed E-state index contributed by atoms with van der Waals surface area (Å²) in [5, 5.41) is 2.35. The standard InChI is InChI=1S/C15H11ClN2O/c16-12-3-1-2-4-15(12)19-14-6-5-13(17)11-9-18-8-7-10(11)14/h1-9H,17H2. The van der Waals surface area contributed by atoms with Gasteiger partial charge in [-0.3, -0.25) is 4.98 Å². The van der Waals surface area contributed by atoms with Crippen LogP contribution in [-0.4, -0.2) is 4.98 Å². The third kappa shape index (κ3) is 2.20. The summed E-state index contributed by atoms with van der Waals surface area (Å²) in [7, 11) is 0. The molecule has 0 saturated carbocycles. The molecule has 0 spiro atoms. The molecule has 0 aliphatic carbocycles. The molecule has 3 aromatic rings. The van der Waals surface area contributed by atoms with Crippen LogP contribution in [0.3, 0.4) is 0 Å². The molecule has 0 bridgehead atoms. The molecule has 0 radical (unpaired) electrons. The van der Waals surface area contributed by atoms with Crippen LogP contribution in [0, 0.1) is 0 Å². The second-order valence-electron chi connectivity index (χ2n) is 4.11. The Morgan fingerprint density at radius 2 is 1.79 bits per heavy atom. The molecule has 4 heteroatoms. The fourth-order valence-electron chi connectivity index (χ4n) is 1.92. The summed E-state index contributed by atoms with van der Waals surface area (Å²) in [4.78, 5) is 4.08. The van der Waals surface area contributed by atoms with Gasteiger partial charge in [0, 0.05) is 28.9 Å². The van der Waals surface area contributed by atoms with E-state index in [4.69, 9.17) is 22.1 Å². The first-order valence-corrected chi connectivity index (χ1v) is 6.18. The molecular weight excluding hydrogens is 260 g/mol. The van der Waals surface area contributed by atoms with Crippen LogP contribution in [0.15, 0.2) is 54.9 Å². The van der Waals surface area contributed by atoms with Crippen molar-refractivity contribution in [2.45, 2.75) is 0 Å². The Labute approximate surface area is 115 Å². The minimum Gasteiger partial charge on any atom is -0.455 e. The summed E-state index contributed by atoms with van der Waals surface area (Å²) < 4.78 is 5.86. The van der Waals surface area contributed by atoms with Crippen LogP contribution in [0.4, 0.5) is 5.69 Å². The van der Waals surface area contributed by atoms with Crippen LogP contribution >= 0.6 is 11.6 Å². The quantitative estimate of drug-likeness (QED) is 0.708. The van der Waals surface area contributed by atoms with Gasteiger partial charge in [0.1, 0.15) is 11.5 Å². The minimum atomic E-state index is 0.571. The molecule has 0 aliphatic heterocycles. The van der Waals surface area contributed by atoms with E-state index in [1.165, 1.54) is 0 Å². The van der Waals surface area contributed by atoms with Gasteiger partial charge in [-0.2, -0.15) is 0 Å². The van der Waals surface area contributed by atoms with Crippen LogP contribution in [-0.2, 0) is 0 Å². The summed E-state index contributed by atoms with van der Waals surface area (Å²) in [6.07, 6.45) is 3.44. The molecule has 0 amide bonds. The Hall–Kier alpha value is -2.26. The first kappa shape index (κ1) is 11.8. The van der Waals surface area contributed by atoms with E-state index in [1.54, 1.807) is 24.5 Å². The molecule has 3 rings (SSSR count). The van der Waals surface area contributed by atoms with Crippen molar-refractivity contribution in [1.29, 1.82) is 0 Å². The number of ether oxygens (including phenoxy) is 1. The Balaban J connectivity index is 2.12. The fraction of sp³-hybridized carbons (Fsp3) is 0. The monoisotopic (exact) mass is 270 g/mol. The van der Waals surface area contributed by atoms with Gasteiger partial charge >= 0.3 is 0 Å². The van der Waals surface area contributed by atoms with Gasteiger partial charge in [-0.15, -0.1) is 0 Å². The number of hydrogen-bond acceptors (Lipinski definition) is 3. The second-order valence-corrected chi connectivity index (χ2v) is 4.51. The molecule has 0 atom stereocenters. The lowest BCUT2D eigenvalue weighted by Crippen LogP contribution is -1.91. The molecular formula is C15H11ClN2O. The number of benzene rings is 2. The molecule has 0 aliphatic rings. The first-order valence-electron chi connectivity index (χ1n) is 5.80. The van der Waals surface area contributed by atoms with Crippen molar-refractivity contribution in [2.24, 2.45) is 0 Å². The van der Waals surface area contributed by atoms with Crippen molar-refractivity contribution in [1.82, 2.24) is 4.98 Å². The van der Waals surface area contributed by atoms with E-state index in [2.05, 4.69) is 4.98 Å². The van der Waals surface area contributed by atoms with Gasteiger partial charge < -0.3 is 10.5 Å². The van der Waals surface area contributed by atoms with Crippen LogP contribution in [0.1, 0.15) is 0 Å². The summed E-state index contributed by atoms with van der Waals surface area (Å²) in [6.45, 7) is 0. The highest BCUT2D eigenvalue weighted by Crippen LogP contribution is 2.35. The predicted molar refractivity (Wildman–Crippen MR) is 77.7 cm³/mol. The third-order valence-electron chi connectivity index (χ3n) is 2.87. The zero-order valence-corrected chi connectivity index (χ0v) is 10.8. The second kappa shape index (κ2) is 4.78. The van der Waals surface area contributed by atoms with Crippen molar-refractivity contribution in [3.8, 4) is 11.5 Å². The van der Waals surface area contributed by atoms with Gasteiger partial charge in [-0.05, 0) is 30.3 Å². The fourth-order valence-corrected chi connectivity index (χ4v) is 2.09. The molecule has 1 aromatic heterocycles. The van der Waals surface area contributed by atoms with E-state index in [-0.39, 0.29) is 0 Å². The smallest absolute Gasteiger partial charge is 0.146 e. The van der Waals surface area contributed by atoms with Crippen molar-refractivity contribution in [2.75, 3.05) is 5.73 Å². The number of hydrogen-bond donors (Lipinski definition) is 1.